The molecule has 0 radical (unpaired) electrons. The maximum absolute atomic E-state index is 6.15. The van der Waals surface area contributed by atoms with E-state index in [1.807, 2.05) is 18.2 Å². The van der Waals surface area contributed by atoms with Crippen LogP contribution >= 0.6 is 0 Å². The lowest BCUT2D eigenvalue weighted by Gasteiger charge is -2.36. The molecule has 0 saturated heterocycles. The van der Waals surface area contributed by atoms with Crippen molar-refractivity contribution in [2.24, 2.45) is 5.73 Å². The van der Waals surface area contributed by atoms with Gasteiger partial charge in [0.15, 0.2) is 0 Å². The first-order valence-electron chi connectivity index (χ1n) is 6.23. The monoisotopic (exact) mass is 235 g/mol. The van der Waals surface area contributed by atoms with Crippen molar-refractivity contribution in [3.05, 3.63) is 23.8 Å². The Bertz CT molecular complexity index is 401. The number of hydrogen-bond acceptors (Lipinski definition) is 3. The predicted octanol–water partition coefficient (Wildman–Crippen LogP) is 3.04. The third-order valence-corrected chi connectivity index (χ3v) is 2.96. The molecule has 2 N–H and O–H groups in total. The standard InChI is InChI=1S/C14H21NO2/c1-4-7-16-10-5-6-11-12(15)9-14(2,3)17-13(11)8-10/h5-6,8,12H,4,7,9,15H2,1-3H3. The highest BCUT2D eigenvalue weighted by atomic mass is 16.5. The maximum Gasteiger partial charge on any atom is 0.128 e. The quantitative estimate of drug-likeness (QED) is 0.875. The second-order valence-corrected chi connectivity index (χ2v) is 5.22. The first-order chi connectivity index (χ1) is 8.02. The number of benzene rings is 1. The Morgan fingerprint density at radius 3 is 2.94 bits per heavy atom. The van der Waals surface area contributed by atoms with Crippen LogP contribution in [0.15, 0.2) is 18.2 Å². The van der Waals surface area contributed by atoms with Crippen molar-refractivity contribution < 1.29 is 9.47 Å². The fourth-order valence-electron chi connectivity index (χ4n) is 2.20. The molecule has 0 bridgehead atoms. The van der Waals surface area contributed by atoms with Gasteiger partial charge in [-0.2, -0.15) is 0 Å². The van der Waals surface area contributed by atoms with Crippen LogP contribution in [0, 0.1) is 0 Å². The van der Waals surface area contributed by atoms with Gasteiger partial charge in [0.1, 0.15) is 17.1 Å². The summed E-state index contributed by atoms with van der Waals surface area (Å²) in [5, 5.41) is 0. The van der Waals surface area contributed by atoms with Crippen molar-refractivity contribution in [1.29, 1.82) is 0 Å². The van der Waals surface area contributed by atoms with Gasteiger partial charge in [0.2, 0.25) is 0 Å². The molecule has 0 saturated carbocycles. The van der Waals surface area contributed by atoms with Crippen molar-refractivity contribution in [3.8, 4) is 11.5 Å². The van der Waals surface area contributed by atoms with E-state index in [4.69, 9.17) is 15.2 Å². The average Bonchev–Trinajstić information content (AvgIpc) is 2.24. The van der Waals surface area contributed by atoms with Crippen molar-refractivity contribution in [2.75, 3.05) is 6.61 Å². The molecular weight excluding hydrogens is 214 g/mol. The molecule has 0 aromatic heterocycles. The smallest absolute Gasteiger partial charge is 0.128 e. The molecule has 1 aliphatic rings. The second-order valence-electron chi connectivity index (χ2n) is 5.22. The van der Waals surface area contributed by atoms with E-state index < -0.39 is 0 Å². The lowest BCUT2D eigenvalue weighted by molar-refractivity contribution is 0.0724. The van der Waals surface area contributed by atoms with Gasteiger partial charge >= 0.3 is 0 Å². The zero-order valence-electron chi connectivity index (χ0n) is 10.8. The lowest BCUT2D eigenvalue weighted by atomic mass is 9.90. The number of ether oxygens (including phenoxy) is 2. The van der Waals surface area contributed by atoms with E-state index in [0.29, 0.717) is 0 Å². The summed E-state index contributed by atoms with van der Waals surface area (Å²) in [7, 11) is 0. The molecule has 1 aromatic carbocycles. The minimum Gasteiger partial charge on any atom is -0.493 e. The molecule has 1 heterocycles. The largest absolute Gasteiger partial charge is 0.493 e. The Kier molecular flexibility index (Phi) is 3.29. The van der Waals surface area contributed by atoms with Crippen LogP contribution in [0.3, 0.4) is 0 Å². The number of nitrogens with two attached hydrogens (primary N) is 1. The number of hydrogen-bond donors (Lipinski definition) is 1. The summed E-state index contributed by atoms with van der Waals surface area (Å²) in [6, 6.07) is 5.98. The molecule has 3 nitrogen and oxygen atoms in total. The fourth-order valence-corrected chi connectivity index (χ4v) is 2.20. The number of fused-ring (bicyclic) bond motifs is 1. The molecule has 94 valence electrons. The van der Waals surface area contributed by atoms with E-state index in [1.165, 1.54) is 0 Å². The number of rotatable bonds is 3. The molecule has 1 aromatic rings. The van der Waals surface area contributed by atoms with Gasteiger partial charge in [-0.3, -0.25) is 0 Å². The molecule has 1 atom stereocenters. The maximum atomic E-state index is 6.15. The lowest BCUT2D eigenvalue weighted by Crippen LogP contribution is -2.37. The summed E-state index contributed by atoms with van der Waals surface area (Å²) in [5.41, 5.74) is 7.03. The van der Waals surface area contributed by atoms with Gasteiger partial charge in [-0.15, -0.1) is 0 Å². The molecule has 2 rings (SSSR count). The third kappa shape index (κ3) is 2.72. The molecule has 17 heavy (non-hydrogen) atoms. The van der Waals surface area contributed by atoms with E-state index in [0.717, 1.165) is 36.5 Å². The Hall–Kier alpha value is -1.22. The Morgan fingerprint density at radius 2 is 2.24 bits per heavy atom. The summed E-state index contributed by atoms with van der Waals surface area (Å²) < 4.78 is 11.6. The molecule has 1 aliphatic heterocycles. The highest BCUT2D eigenvalue weighted by Crippen LogP contribution is 2.39. The summed E-state index contributed by atoms with van der Waals surface area (Å²) in [5.74, 6) is 1.72. The summed E-state index contributed by atoms with van der Waals surface area (Å²) >= 11 is 0. The van der Waals surface area contributed by atoms with Crippen LogP contribution < -0.4 is 15.2 Å². The first-order valence-corrected chi connectivity index (χ1v) is 6.23. The SMILES string of the molecule is CCCOc1ccc2c(c1)OC(C)(C)CC2N. The molecular formula is C14H21NO2. The predicted molar refractivity (Wildman–Crippen MR) is 68.5 cm³/mol. The Labute approximate surface area is 103 Å². The van der Waals surface area contributed by atoms with Crippen LogP contribution in [0.4, 0.5) is 0 Å². The van der Waals surface area contributed by atoms with Crippen LogP contribution in [0.5, 0.6) is 11.5 Å². The Morgan fingerprint density at radius 1 is 1.47 bits per heavy atom. The highest BCUT2D eigenvalue weighted by molar-refractivity contribution is 5.44. The van der Waals surface area contributed by atoms with E-state index in [1.54, 1.807) is 0 Å². The summed E-state index contributed by atoms with van der Waals surface area (Å²) in [6.45, 7) is 6.95. The van der Waals surface area contributed by atoms with Crippen molar-refractivity contribution in [3.63, 3.8) is 0 Å². The minimum absolute atomic E-state index is 0.0500. The van der Waals surface area contributed by atoms with E-state index in [9.17, 15) is 0 Å². The Balaban J connectivity index is 2.25. The summed E-state index contributed by atoms with van der Waals surface area (Å²) in [4.78, 5) is 0. The molecule has 0 aliphatic carbocycles. The normalized spacial score (nSPS) is 21.5. The van der Waals surface area contributed by atoms with Crippen LogP contribution in [-0.2, 0) is 0 Å². The second kappa shape index (κ2) is 4.57. The topological polar surface area (TPSA) is 44.5 Å². The van der Waals surface area contributed by atoms with Gasteiger partial charge in [0.25, 0.3) is 0 Å². The van der Waals surface area contributed by atoms with Gasteiger partial charge in [-0.05, 0) is 26.3 Å². The molecule has 3 heteroatoms. The van der Waals surface area contributed by atoms with E-state index in [-0.39, 0.29) is 11.6 Å². The van der Waals surface area contributed by atoms with Gasteiger partial charge in [-0.1, -0.05) is 13.0 Å². The third-order valence-electron chi connectivity index (χ3n) is 2.96. The minimum atomic E-state index is -0.199. The molecule has 1 unspecified atom stereocenters. The molecule has 0 fully saturated rings. The molecule has 0 amide bonds. The first kappa shape index (κ1) is 12.2. The van der Waals surface area contributed by atoms with Crippen molar-refractivity contribution in [1.82, 2.24) is 0 Å². The zero-order chi connectivity index (χ0) is 12.5. The zero-order valence-corrected chi connectivity index (χ0v) is 10.8. The average molecular weight is 235 g/mol. The molecule has 0 spiro atoms. The van der Waals surface area contributed by atoms with Crippen LogP contribution in [-0.4, -0.2) is 12.2 Å². The van der Waals surface area contributed by atoms with Crippen LogP contribution in [0.1, 0.15) is 45.2 Å². The van der Waals surface area contributed by atoms with Gasteiger partial charge in [0, 0.05) is 24.1 Å². The van der Waals surface area contributed by atoms with Crippen LogP contribution in [0.25, 0.3) is 0 Å². The fraction of sp³-hybridized carbons (Fsp3) is 0.571. The van der Waals surface area contributed by atoms with Gasteiger partial charge in [0.05, 0.1) is 6.61 Å². The van der Waals surface area contributed by atoms with Crippen molar-refractivity contribution >= 4 is 0 Å². The van der Waals surface area contributed by atoms with Crippen LogP contribution in [0.2, 0.25) is 0 Å². The van der Waals surface area contributed by atoms with E-state index >= 15 is 0 Å². The van der Waals surface area contributed by atoms with Gasteiger partial charge < -0.3 is 15.2 Å². The summed E-state index contributed by atoms with van der Waals surface area (Å²) in [6.07, 6.45) is 1.85. The van der Waals surface area contributed by atoms with Crippen molar-refractivity contribution in [2.45, 2.75) is 45.3 Å². The van der Waals surface area contributed by atoms with Gasteiger partial charge in [-0.25, -0.2) is 0 Å². The van der Waals surface area contributed by atoms with E-state index in [2.05, 4.69) is 20.8 Å². The highest BCUT2D eigenvalue weighted by Gasteiger charge is 2.31.